The molecule has 0 spiro atoms. The van der Waals surface area contributed by atoms with Crippen molar-refractivity contribution in [1.82, 2.24) is 20.6 Å². The Kier molecular flexibility index (Phi) is 7.13. The molecule has 1 aromatic carbocycles. The number of aromatic nitrogens is 2. The summed E-state index contributed by atoms with van der Waals surface area (Å²) in [4.78, 5) is 13.1. The van der Waals surface area contributed by atoms with E-state index >= 15 is 0 Å². The smallest absolute Gasteiger partial charge is 0.224 e. The lowest BCUT2D eigenvalue weighted by Crippen LogP contribution is -2.36. The minimum atomic E-state index is -0.356. The van der Waals surface area contributed by atoms with Crippen LogP contribution < -0.4 is 15.4 Å². The van der Waals surface area contributed by atoms with Gasteiger partial charge in [0, 0.05) is 36.8 Å². The van der Waals surface area contributed by atoms with Gasteiger partial charge in [-0.15, -0.1) is 11.3 Å². The molecule has 0 bridgehead atoms. The fourth-order valence-electron chi connectivity index (χ4n) is 2.52. The zero-order valence-corrected chi connectivity index (χ0v) is 17.5. The number of thiazole rings is 1. The number of aliphatic imine (C=N–C) groups is 1. The average Bonchev–Trinajstić information content (AvgIpc) is 3.19. The van der Waals surface area contributed by atoms with E-state index in [1.165, 1.54) is 12.1 Å². The first kappa shape index (κ1) is 20.7. The zero-order valence-electron chi connectivity index (χ0n) is 16.6. The van der Waals surface area contributed by atoms with Gasteiger partial charge in [0.05, 0.1) is 12.2 Å². The number of ether oxygens (including phenoxy) is 1. The van der Waals surface area contributed by atoms with E-state index in [9.17, 15) is 4.39 Å². The predicted molar refractivity (Wildman–Crippen MR) is 114 cm³/mol. The molecular formula is C21H24FN5OS. The monoisotopic (exact) mass is 413 g/mol. The van der Waals surface area contributed by atoms with E-state index in [2.05, 4.69) is 44.8 Å². The Hall–Kier alpha value is -3.00. The molecule has 152 valence electrons. The van der Waals surface area contributed by atoms with Crippen molar-refractivity contribution in [3.63, 3.8) is 0 Å². The van der Waals surface area contributed by atoms with Gasteiger partial charge in [-0.1, -0.05) is 26.0 Å². The van der Waals surface area contributed by atoms with Crippen LogP contribution in [0.5, 0.6) is 11.6 Å². The summed E-state index contributed by atoms with van der Waals surface area (Å²) in [7, 11) is 1.71. The van der Waals surface area contributed by atoms with Gasteiger partial charge in [-0.25, -0.2) is 14.4 Å². The number of halogens is 1. The number of rotatable bonds is 7. The maximum Gasteiger partial charge on any atom is 0.224 e. The van der Waals surface area contributed by atoms with Crippen LogP contribution in [0.4, 0.5) is 4.39 Å². The molecule has 2 N–H and O–H groups in total. The summed E-state index contributed by atoms with van der Waals surface area (Å²) >= 11 is 1.63. The van der Waals surface area contributed by atoms with Gasteiger partial charge in [-0.2, -0.15) is 0 Å². The number of hydrogen-bond donors (Lipinski definition) is 2. The molecule has 3 rings (SSSR count). The summed E-state index contributed by atoms with van der Waals surface area (Å²) in [5.41, 5.74) is 1.93. The van der Waals surface area contributed by atoms with E-state index in [0.717, 1.165) is 16.3 Å². The highest BCUT2D eigenvalue weighted by molar-refractivity contribution is 7.09. The standard InChI is InChI=1S/C21H24FN5OS/c1-14(2)18-13-29-19(27-18)12-26-21(23-3)25-11-15-6-5-9-24-20(15)28-17-8-4-7-16(22)10-17/h4-10,13-14H,11-12H2,1-3H3,(H2,23,25,26). The van der Waals surface area contributed by atoms with Crippen LogP contribution in [-0.4, -0.2) is 23.0 Å². The molecule has 0 amide bonds. The maximum atomic E-state index is 13.4. The Labute approximate surface area is 173 Å². The second-order valence-corrected chi connectivity index (χ2v) is 7.57. The first-order chi connectivity index (χ1) is 14.0. The predicted octanol–water partition coefficient (Wildman–Crippen LogP) is 4.46. The van der Waals surface area contributed by atoms with Crippen LogP contribution in [0.1, 0.15) is 36.0 Å². The normalized spacial score (nSPS) is 11.6. The topological polar surface area (TPSA) is 71.4 Å². The first-order valence-electron chi connectivity index (χ1n) is 9.31. The summed E-state index contributed by atoms with van der Waals surface area (Å²) in [6.45, 7) is 5.30. The maximum absolute atomic E-state index is 13.4. The van der Waals surface area contributed by atoms with E-state index < -0.39 is 0 Å². The van der Waals surface area contributed by atoms with Crippen molar-refractivity contribution in [2.24, 2.45) is 4.99 Å². The quantitative estimate of drug-likeness (QED) is 0.442. The van der Waals surface area contributed by atoms with Crippen molar-refractivity contribution < 1.29 is 9.13 Å². The van der Waals surface area contributed by atoms with Crippen LogP contribution in [0.15, 0.2) is 53.0 Å². The van der Waals surface area contributed by atoms with Gasteiger partial charge >= 0.3 is 0 Å². The number of pyridine rings is 1. The molecule has 6 nitrogen and oxygen atoms in total. The SMILES string of the molecule is CN=C(NCc1nc(C(C)C)cs1)NCc1cccnc1Oc1cccc(F)c1. The van der Waals surface area contributed by atoms with Crippen molar-refractivity contribution in [1.29, 1.82) is 0 Å². The van der Waals surface area contributed by atoms with Crippen molar-refractivity contribution >= 4 is 17.3 Å². The molecule has 0 aliphatic rings. The third kappa shape index (κ3) is 5.99. The molecule has 0 unspecified atom stereocenters. The molecule has 3 aromatic rings. The van der Waals surface area contributed by atoms with E-state index in [-0.39, 0.29) is 5.82 Å². The third-order valence-corrected chi connectivity index (χ3v) is 4.97. The number of nitrogens with zero attached hydrogens (tertiary/aromatic N) is 3. The number of hydrogen-bond acceptors (Lipinski definition) is 5. The van der Waals surface area contributed by atoms with Gasteiger partial charge < -0.3 is 15.4 Å². The highest BCUT2D eigenvalue weighted by Gasteiger charge is 2.09. The summed E-state index contributed by atoms with van der Waals surface area (Å²) in [5, 5.41) is 9.60. The van der Waals surface area contributed by atoms with Crippen LogP contribution >= 0.6 is 11.3 Å². The molecular weight excluding hydrogens is 389 g/mol. The molecule has 0 saturated carbocycles. The third-order valence-electron chi connectivity index (χ3n) is 4.10. The molecule has 2 aromatic heterocycles. The molecule has 8 heteroatoms. The molecule has 0 aliphatic carbocycles. The number of nitrogens with one attached hydrogen (secondary N) is 2. The van der Waals surface area contributed by atoms with Gasteiger partial charge in [0.15, 0.2) is 5.96 Å². The number of benzene rings is 1. The Morgan fingerprint density at radius 1 is 1.21 bits per heavy atom. The summed E-state index contributed by atoms with van der Waals surface area (Å²) in [5.74, 6) is 1.52. The Morgan fingerprint density at radius 2 is 2.03 bits per heavy atom. The fourth-order valence-corrected chi connectivity index (χ4v) is 3.42. The van der Waals surface area contributed by atoms with Gasteiger partial charge in [0.25, 0.3) is 0 Å². The van der Waals surface area contributed by atoms with E-state index in [4.69, 9.17) is 4.74 Å². The molecule has 0 aliphatic heterocycles. The number of guanidine groups is 1. The van der Waals surface area contributed by atoms with E-state index in [1.807, 2.05) is 12.1 Å². The highest BCUT2D eigenvalue weighted by Crippen LogP contribution is 2.23. The van der Waals surface area contributed by atoms with Gasteiger partial charge in [0.2, 0.25) is 5.88 Å². The van der Waals surface area contributed by atoms with Crippen molar-refractivity contribution in [2.75, 3.05) is 7.05 Å². The van der Waals surface area contributed by atoms with E-state index in [0.29, 0.717) is 36.6 Å². The summed E-state index contributed by atoms with van der Waals surface area (Å²) < 4.78 is 19.2. The summed E-state index contributed by atoms with van der Waals surface area (Å²) in [6, 6.07) is 9.71. The molecule has 0 fully saturated rings. The van der Waals surface area contributed by atoms with Gasteiger partial charge in [-0.3, -0.25) is 4.99 Å². The van der Waals surface area contributed by atoms with Crippen molar-refractivity contribution in [2.45, 2.75) is 32.9 Å². The Morgan fingerprint density at radius 3 is 2.76 bits per heavy atom. The van der Waals surface area contributed by atoms with Crippen LogP contribution in [0.2, 0.25) is 0 Å². The Bertz CT molecular complexity index is 973. The second kappa shape index (κ2) is 9.97. The summed E-state index contributed by atoms with van der Waals surface area (Å²) in [6.07, 6.45) is 1.64. The van der Waals surface area contributed by atoms with Crippen molar-refractivity contribution in [3.05, 3.63) is 70.1 Å². The van der Waals surface area contributed by atoms with Gasteiger partial charge in [-0.05, 0) is 24.1 Å². The molecule has 0 atom stereocenters. The molecule has 0 saturated heterocycles. The highest BCUT2D eigenvalue weighted by atomic mass is 32.1. The lowest BCUT2D eigenvalue weighted by molar-refractivity contribution is 0.450. The minimum absolute atomic E-state index is 0.356. The molecule has 2 heterocycles. The first-order valence-corrected chi connectivity index (χ1v) is 10.2. The van der Waals surface area contributed by atoms with Crippen LogP contribution in [0.3, 0.4) is 0 Å². The zero-order chi connectivity index (χ0) is 20.6. The lowest BCUT2D eigenvalue weighted by Gasteiger charge is -2.13. The average molecular weight is 414 g/mol. The second-order valence-electron chi connectivity index (χ2n) is 6.63. The fraction of sp³-hybridized carbons (Fsp3) is 0.286. The largest absolute Gasteiger partial charge is 0.439 e. The molecule has 29 heavy (non-hydrogen) atoms. The van der Waals surface area contributed by atoms with E-state index in [1.54, 1.807) is 36.7 Å². The lowest BCUT2D eigenvalue weighted by atomic mass is 10.2. The van der Waals surface area contributed by atoms with Crippen LogP contribution in [0, 0.1) is 5.82 Å². The molecule has 0 radical (unpaired) electrons. The van der Waals surface area contributed by atoms with Crippen molar-refractivity contribution in [3.8, 4) is 11.6 Å². The van der Waals surface area contributed by atoms with Gasteiger partial charge in [0.1, 0.15) is 16.6 Å². The minimum Gasteiger partial charge on any atom is -0.439 e. The Balaban J connectivity index is 1.59. The van der Waals surface area contributed by atoms with Crippen LogP contribution in [-0.2, 0) is 13.1 Å². The van der Waals surface area contributed by atoms with Crippen LogP contribution in [0.25, 0.3) is 0 Å².